The van der Waals surface area contributed by atoms with Crippen molar-refractivity contribution in [2.75, 3.05) is 19.7 Å². The molecule has 0 aromatic heterocycles. The van der Waals surface area contributed by atoms with E-state index in [0.29, 0.717) is 44.4 Å². The number of nitrogens with zero attached hydrogens (tertiary/aromatic N) is 1. The monoisotopic (exact) mass is 434 g/mol. The predicted molar refractivity (Wildman–Crippen MR) is 119 cm³/mol. The fraction of sp³-hybridized carbons (Fsp3) is 0.667. The first kappa shape index (κ1) is 25.1. The summed E-state index contributed by atoms with van der Waals surface area (Å²) < 4.78 is 5.45. The molecule has 2 rings (SSSR count). The first-order chi connectivity index (χ1) is 14.8. The standard InChI is InChI=1S/C24H38N2O5/c1-4-31-20-12-10-18(11-13-20)7-5-9-21(22(27)23(28)25-30)24(29)26-14-6-8-19(16-26)15-17(2)3/h10-13,17,19,21-22,27,30H,4-9,14-16H2,1-3H3,(H,25,28)/t19-,21+,22-/m0/s1. The minimum atomic E-state index is -1.57. The highest BCUT2D eigenvalue weighted by atomic mass is 16.5. The van der Waals surface area contributed by atoms with Gasteiger partial charge in [-0.3, -0.25) is 14.8 Å². The fourth-order valence-corrected chi connectivity index (χ4v) is 4.47. The van der Waals surface area contributed by atoms with Gasteiger partial charge >= 0.3 is 0 Å². The van der Waals surface area contributed by atoms with Crippen LogP contribution >= 0.6 is 0 Å². The third-order valence-electron chi connectivity index (χ3n) is 5.93. The molecule has 1 aromatic carbocycles. The summed E-state index contributed by atoms with van der Waals surface area (Å²) in [7, 11) is 0. The van der Waals surface area contributed by atoms with Gasteiger partial charge in [-0.25, -0.2) is 5.48 Å². The van der Waals surface area contributed by atoms with Crippen molar-refractivity contribution < 1.29 is 24.6 Å². The van der Waals surface area contributed by atoms with Crippen molar-refractivity contribution in [2.45, 2.75) is 65.4 Å². The van der Waals surface area contributed by atoms with Gasteiger partial charge in [0, 0.05) is 13.1 Å². The van der Waals surface area contributed by atoms with E-state index in [-0.39, 0.29) is 5.91 Å². The van der Waals surface area contributed by atoms with Gasteiger partial charge in [0.05, 0.1) is 12.5 Å². The lowest BCUT2D eigenvalue weighted by Crippen LogP contribution is -2.49. The average molecular weight is 435 g/mol. The highest BCUT2D eigenvalue weighted by molar-refractivity contribution is 5.88. The smallest absolute Gasteiger partial charge is 0.272 e. The molecular weight excluding hydrogens is 396 g/mol. The summed E-state index contributed by atoms with van der Waals surface area (Å²) in [6, 6.07) is 7.80. The first-order valence-corrected chi connectivity index (χ1v) is 11.5. The molecule has 3 N–H and O–H groups in total. The number of rotatable bonds is 11. The number of likely N-dealkylation sites (tertiary alicyclic amines) is 1. The van der Waals surface area contributed by atoms with Crippen LogP contribution in [-0.2, 0) is 16.0 Å². The van der Waals surface area contributed by atoms with Crippen LogP contribution in [0.3, 0.4) is 0 Å². The molecule has 7 heteroatoms. The van der Waals surface area contributed by atoms with E-state index in [4.69, 9.17) is 9.94 Å². The quantitative estimate of drug-likeness (QED) is 0.367. The van der Waals surface area contributed by atoms with Crippen LogP contribution in [0.25, 0.3) is 0 Å². The first-order valence-electron chi connectivity index (χ1n) is 11.5. The normalized spacial score (nSPS) is 18.5. The Hall–Kier alpha value is -2.12. The molecule has 1 saturated heterocycles. The van der Waals surface area contributed by atoms with E-state index in [1.165, 1.54) is 5.48 Å². The summed E-state index contributed by atoms with van der Waals surface area (Å²) in [5.41, 5.74) is 2.59. The molecule has 7 nitrogen and oxygen atoms in total. The van der Waals surface area contributed by atoms with Crippen molar-refractivity contribution in [3.63, 3.8) is 0 Å². The number of ether oxygens (including phenoxy) is 1. The van der Waals surface area contributed by atoms with Gasteiger partial charge in [-0.05, 0) is 75.0 Å². The zero-order valence-electron chi connectivity index (χ0n) is 19.0. The molecule has 0 spiro atoms. The van der Waals surface area contributed by atoms with Crippen LogP contribution < -0.4 is 10.2 Å². The van der Waals surface area contributed by atoms with Crippen molar-refractivity contribution in [1.82, 2.24) is 10.4 Å². The number of carbonyl (C=O) groups excluding carboxylic acids is 2. The lowest BCUT2D eigenvalue weighted by Gasteiger charge is -2.36. The van der Waals surface area contributed by atoms with Crippen LogP contribution in [0.5, 0.6) is 5.75 Å². The second-order valence-corrected chi connectivity index (χ2v) is 8.92. The van der Waals surface area contributed by atoms with Gasteiger partial charge in [-0.15, -0.1) is 0 Å². The van der Waals surface area contributed by atoms with E-state index in [1.807, 2.05) is 31.2 Å². The van der Waals surface area contributed by atoms with Gasteiger partial charge in [-0.1, -0.05) is 26.0 Å². The van der Waals surface area contributed by atoms with Crippen LogP contribution in [0, 0.1) is 17.8 Å². The fourth-order valence-electron chi connectivity index (χ4n) is 4.47. The van der Waals surface area contributed by atoms with Gasteiger partial charge in [0.1, 0.15) is 11.9 Å². The highest BCUT2D eigenvalue weighted by Gasteiger charge is 2.36. The number of carbonyl (C=O) groups is 2. The average Bonchev–Trinajstić information content (AvgIpc) is 2.76. The van der Waals surface area contributed by atoms with Gasteiger partial charge in [0.25, 0.3) is 5.91 Å². The number of amides is 2. The molecule has 0 saturated carbocycles. The third-order valence-corrected chi connectivity index (χ3v) is 5.93. The summed E-state index contributed by atoms with van der Waals surface area (Å²) in [4.78, 5) is 26.9. The van der Waals surface area contributed by atoms with Gasteiger partial charge in [0.2, 0.25) is 5.91 Å². The van der Waals surface area contributed by atoms with Gasteiger partial charge < -0.3 is 14.7 Å². The number of hydroxylamine groups is 1. The molecule has 1 aliphatic heterocycles. The molecular formula is C24H38N2O5. The topological polar surface area (TPSA) is 99.1 Å². The SMILES string of the molecule is CCOc1ccc(CCC[C@@H](C(=O)N2CCC[C@@H](CC(C)C)C2)[C@H](O)C(=O)NO)cc1. The van der Waals surface area contributed by atoms with E-state index in [1.54, 1.807) is 4.90 Å². The molecule has 0 radical (unpaired) electrons. The van der Waals surface area contributed by atoms with Crippen molar-refractivity contribution in [3.05, 3.63) is 29.8 Å². The Balaban J connectivity index is 2.00. The number of piperidine rings is 1. The Morgan fingerprint density at radius 3 is 2.58 bits per heavy atom. The summed E-state index contributed by atoms with van der Waals surface area (Å²) >= 11 is 0. The number of aryl methyl sites for hydroxylation is 1. The highest BCUT2D eigenvalue weighted by Crippen LogP contribution is 2.26. The van der Waals surface area contributed by atoms with Crippen LogP contribution in [0.4, 0.5) is 0 Å². The van der Waals surface area contributed by atoms with E-state index >= 15 is 0 Å². The van der Waals surface area contributed by atoms with Crippen LogP contribution in [0.2, 0.25) is 0 Å². The zero-order valence-corrected chi connectivity index (χ0v) is 19.0. The van der Waals surface area contributed by atoms with E-state index in [9.17, 15) is 14.7 Å². The Labute approximate surface area is 185 Å². The molecule has 2 amide bonds. The predicted octanol–water partition coefficient (Wildman–Crippen LogP) is 3.18. The van der Waals surface area contributed by atoms with Crippen molar-refractivity contribution in [2.24, 2.45) is 17.8 Å². The molecule has 0 aliphatic carbocycles. The summed E-state index contributed by atoms with van der Waals surface area (Å²) in [6.07, 6.45) is 3.26. The van der Waals surface area contributed by atoms with Crippen LogP contribution in [0.15, 0.2) is 24.3 Å². The molecule has 174 valence electrons. The van der Waals surface area contributed by atoms with Crippen molar-refractivity contribution in [1.29, 1.82) is 0 Å². The minimum Gasteiger partial charge on any atom is -0.494 e. The van der Waals surface area contributed by atoms with E-state index < -0.39 is 17.9 Å². The summed E-state index contributed by atoms with van der Waals surface area (Å²) in [5.74, 6) is -0.170. The molecule has 3 atom stereocenters. The maximum Gasteiger partial charge on any atom is 0.272 e. The Morgan fingerprint density at radius 1 is 1.26 bits per heavy atom. The zero-order chi connectivity index (χ0) is 22.8. The van der Waals surface area contributed by atoms with Crippen LogP contribution in [0.1, 0.15) is 58.4 Å². The second-order valence-electron chi connectivity index (χ2n) is 8.92. The molecule has 1 heterocycles. The number of aliphatic hydroxyl groups excluding tert-OH is 1. The lowest BCUT2D eigenvalue weighted by atomic mass is 9.87. The molecule has 1 fully saturated rings. The number of hydrogen-bond donors (Lipinski definition) is 3. The van der Waals surface area contributed by atoms with E-state index in [0.717, 1.165) is 37.0 Å². The van der Waals surface area contributed by atoms with Crippen molar-refractivity contribution in [3.8, 4) is 5.75 Å². The maximum atomic E-state index is 13.2. The lowest BCUT2D eigenvalue weighted by molar-refractivity contribution is -0.151. The summed E-state index contributed by atoms with van der Waals surface area (Å²) in [6.45, 7) is 8.23. The molecule has 0 bridgehead atoms. The number of benzene rings is 1. The summed E-state index contributed by atoms with van der Waals surface area (Å²) in [5, 5.41) is 19.4. The Bertz CT molecular complexity index is 692. The van der Waals surface area contributed by atoms with E-state index in [2.05, 4.69) is 13.8 Å². The largest absolute Gasteiger partial charge is 0.494 e. The third kappa shape index (κ3) is 7.82. The molecule has 1 aromatic rings. The Kier molecular flexibility index (Phi) is 10.3. The molecule has 1 aliphatic rings. The van der Waals surface area contributed by atoms with Crippen LogP contribution in [-0.4, -0.2) is 52.8 Å². The Morgan fingerprint density at radius 2 is 1.97 bits per heavy atom. The molecule has 31 heavy (non-hydrogen) atoms. The number of nitrogens with one attached hydrogen (secondary N) is 1. The number of hydrogen-bond acceptors (Lipinski definition) is 5. The molecule has 0 unspecified atom stereocenters. The second kappa shape index (κ2) is 12.7. The minimum absolute atomic E-state index is 0.198. The van der Waals surface area contributed by atoms with Gasteiger partial charge in [0.15, 0.2) is 0 Å². The van der Waals surface area contributed by atoms with Crippen molar-refractivity contribution >= 4 is 11.8 Å². The maximum absolute atomic E-state index is 13.2. The number of aliphatic hydroxyl groups is 1. The van der Waals surface area contributed by atoms with Gasteiger partial charge in [-0.2, -0.15) is 0 Å².